The molecule has 0 radical (unpaired) electrons. The second-order valence-electron chi connectivity index (χ2n) is 7.55. The first-order chi connectivity index (χ1) is 13.4. The summed E-state index contributed by atoms with van der Waals surface area (Å²) in [6.45, 7) is 4.35. The van der Waals surface area contributed by atoms with Crippen molar-refractivity contribution in [1.29, 1.82) is 0 Å². The van der Waals surface area contributed by atoms with Gasteiger partial charge in [-0.3, -0.25) is 14.4 Å². The summed E-state index contributed by atoms with van der Waals surface area (Å²) in [4.78, 5) is 40.1. The number of carbonyl (C=O) groups is 3. The third-order valence-electron chi connectivity index (χ3n) is 5.36. The number of carbonyl (C=O) groups excluding carboxylic acids is 2. The minimum Gasteiger partial charge on any atom is -0.480 e. The van der Waals surface area contributed by atoms with Crippen LogP contribution in [0, 0.1) is 5.92 Å². The number of likely N-dealkylation sites (tertiary alicyclic amines) is 1. The van der Waals surface area contributed by atoms with E-state index in [4.69, 9.17) is 5.11 Å². The number of benzene rings is 2. The molecule has 1 fully saturated rings. The summed E-state index contributed by atoms with van der Waals surface area (Å²) in [5, 5.41) is 11.0. The van der Waals surface area contributed by atoms with Crippen LogP contribution in [0.3, 0.4) is 0 Å². The number of hydrogen-bond donors (Lipinski definition) is 1. The zero-order chi connectivity index (χ0) is 20.3. The lowest BCUT2D eigenvalue weighted by atomic mass is 9.93. The van der Waals surface area contributed by atoms with Crippen LogP contribution in [0.5, 0.6) is 0 Å². The fraction of sp³-hybridized carbons (Fsp3) is 0.409. The van der Waals surface area contributed by atoms with Gasteiger partial charge in [-0.05, 0) is 43.5 Å². The van der Waals surface area contributed by atoms with Crippen LogP contribution in [-0.4, -0.2) is 58.4 Å². The Bertz CT molecular complexity index is 880. The van der Waals surface area contributed by atoms with Crippen molar-refractivity contribution in [1.82, 2.24) is 9.80 Å². The van der Waals surface area contributed by atoms with Crippen LogP contribution in [0.25, 0.3) is 10.8 Å². The SMILES string of the molecule is CC(C)N(CC(=O)O)C(=O)C1CCN(C(=O)c2cccc3ccccc23)CC1. The largest absolute Gasteiger partial charge is 0.480 e. The number of hydrogen-bond acceptors (Lipinski definition) is 3. The summed E-state index contributed by atoms with van der Waals surface area (Å²) in [5.74, 6) is -1.40. The Balaban J connectivity index is 1.68. The number of nitrogens with zero attached hydrogens (tertiary/aromatic N) is 2. The molecular formula is C22H26N2O4. The molecule has 6 heteroatoms. The van der Waals surface area contributed by atoms with Crippen molar-refractivity contribution in [3.63, 3.8) is 0 Å². The van der Waals surface area contributed by atoms with Gasteiger partial charge in [0.1, 0.15) is 6.54 Å². The summed E-state index contributed by atoms with van der Waals surface area (Å²) in [6, 6.07) is 13.4. The smallest absolute Gasteiger partial charge is 0.323 e. The number of aliphatic carboxylic acids is 1. The number of carboxylic acids is 1. The first-order valence-electron chi connectivity index (χ1n) is 9.67. The maximum absolute atomic E-state index is 13.0. The van der Waals surface area contributed by atoms with Gasteiger partial charge in [0, 0.05) is 30.6 Å². The summed E-state index contributed by atoms with van der Waals surface area (Å²) >= 11 is 0. The van der Waals surface area contributed by atoms with Crippen molar-refractivity contribution in [3.8, 4) is 0 Å². The Morgan fingerprint density at radius 2 is 1.71 bits per heavy atom. The van der Waals surface area contributed by atoms with Crippen LogP contribution in [0.4, 0.5) is 0 Å². The van der Waals surface area contributed by atoms with Gasteiger partial charge in [-0.15, -0.1) is 0 Å². The van der Waals surface area contributed by atoms with E-state index in [1.54, 1.807) is 4.90 Å². The lowest BCUT2D eigenvalue weighted by molar-refractivity contribution is -0.148. The Hall–Kier alpha value is -2.89. The van der Waals surface area contributed by atoms with Gasteiger partial charge < -0.3 is 14.9 Å². The molecule has 0 aromatic heterocycles. The number of carboxylic acid groups (broad SMARTS) is 1. The maximum atomic E-state index is 13.0. The van der Waals surface area contributed by atoms with Crippen LogP contribution < -0.4 is 0 Å². The van der Waals surface area contributed by atoms with Gasteiger partial charge in [0.2, 0.25) is 5.91 Å². The van der Waals surface area contributed by atoms with Crippen LogP contribution in [0.2, 0.25) is 0 Å². The van der Waals surface area contributed by atoms with Crippen molar-refractivity contribution in [2.24, 2.45) is 5.92 Å². The molecule has 0 atom stereocenters. The normalized spacial score (nSPS) is 15.0. The Morgan fingerprint density at radius 1 is 1.07 bits per heavy atom. The molecule has 0 spiro atoms. The van der Waals surface area contributed by atoms with Crippen molar-refractivity contribution in [3.05, 3.63) is 48.0 Å². The Morgan fingerprint density at radius 3 is 2.36 bits per heavy atom. The molecule has 1 aliphatic heterocycles. The molecule has 28 heavy (non-hydrogen) atoms. The van der Waals surface area contributed by atoms with E-state index in [2.05, 4.69) is 0 Å². The molecule has 148 valence electrons. The van der Waals surface area contributed by atoms with Gasteiger partial charge in [0.25, 0.3) is 5.91 Å². The maximum Gasteiger partial charge on any atom is 0.323 e. The second-order valence-corrected chi connectivity index (χ2v) is 7.55. The van der Waals surface area contributed by atoms with Gasteiger partial charge in [-0.2, -0.15) is 0 Å². The fourth-order valence-electron chi connectivity index (χ4n) is 3.81. The van der Waals surface area contributed by atoms with Crippen LogP contribution in [-0.2, 0) is 9.59 Å². The number of amides is 2. The van der Waals surface area contributed by atoms with E-state index in [0.29, 0.717) is 31.5 Å². The average Bonchev–Trinajstić information content (AvgIpc) is 2.70. The molecule has 0 aliphatic carbocycles. The quantitative estimate of drug-likeness (QED) is 0.862. The first-order valence-corrected chi connectivity index (χ1v) is 9.67. The Kier molecular flexibility index (Phi) is 5.97. The molecule has 1 saturated heterocycles. The van der Waals surface area contributed by atoms with Crippen molar-refractivity contribution in [2.45, 2.75) is 32.7 Å². The van der Waals surface area contributed by atoms with E-state index >= 15 is 0 Å². The number of rotatable bonds is 5. The summed E-state index contributed by atoms with van der Waals surface area (Å²) < 4.78 is 0. The van der Waals surface area contributed by atoms with E-state index in [0.717, 1.165) is 10.8 Å². The van der Waals surface area contributed by atoms with Crippen LogP contribution in [0.15, 0.2) is 42.5 Å². The summed E-state index contributed by atoms with van der Waals surface area (Å²) in [6.07, 6.45) is 1.11. The molecule has 1 heterocycles. The van der Waals surface area contributed by atoms with Crippen molar-refractivity contribution >= 4 is 28.6 Å². The molecule has 0 saturated carbocycles. The highest BCUT2D eigenvalue weighted by Gasteiger charge is 2.32. The van der Waals surface area contributed by atoms with E-state index in [9.17, 15) is 14.4 Å². The number of fused-ring (bicyclic) bond motifs is 1. The van der Waals surface area contributed by atoms with Gasteiger partial charge >= 0.3 is 5.97 Å². The highest BCUT2D eigenvalue weighted by molar-refractivity contribution is 6.07. The zero-order valence-corrected chi connectivity index (χ0v) is 16.3. The van der Waals surface area contributed by atoms with Gasteiger partial charge in [0.15, 0.2) is 0 Å². The van der Waals surface area contributed by atoms with Crippen LogP contribution >= 0.6 is 0 Å². The average molecular weight is 382 g/mol. The summed E-state index contributed by atoms with van der Waals surface area (Å²) in [7, 11) is 0. The van der Waals surface area contributed by atoms with Gasteiger partial charge in [-0.1, -0.05) is 36.4 Å². The topological polar surface area (TPSA) is 77.9 Å². The third-order valence-corrected chi connectivity index (χ3v) is 5.36. The number of piperidine rings is 1. The standard InChI is InChI=1S/C22H26N2O4/c1-15(2)24(14-20(25)26)21(27)17-10-12-23(13-11-17)22(28)19-9-5-7-16-6-3-4-8-18(16)19/h3-9,15,17H,10-14H2,1-2H3,(H,25,26). The monoisotopic (exact) mass is 382 g/mol. The highest BCUT2D eigenvalue weighted by atomic mass is 16.4. The van der Waals surface area contributed by atoms with Gasteiger partial charge in [0.05, 0.1) is 0 Å². The Labute approximate surface area is 164 Å². The molecule has 1 N–H and O–H groups in total. The molecule has 6 nitrogen and oxygen atoms in total. The fourth-order valence-corrected chi connectivity index (χ4v) is 3.81. The molecular weight excluding hydrogens is 356 g/mol. The molecule has 2 amide bonds. The van der Waals surface area contributed by atoms with Crippen molar-refractivity contribution in [2.75, 3.05) is 19.6 Å². The lowest BCUT2D eigenvalue weighted by Gasteiger charge is -2.35. The first kappa shape index (κ1) is 19.9. The van der Waals surface area contributed by atoms with Crippen LogP contribution in [0.1, 0.15) is 37.0 Å². The van der Waals surface area contributed by atoms with E-state index in [1.807, 2.05) is 56.3 Å². The second kappa shape index (κ2) is 8.42. The molecule has 0 unspecified atom stereocenters. The van der Waals surface area contributed by atoms with E-state index < -0.39 is 5.97 Å². The zero-order valence-electron chi connectivity index (χ0n) is 16.3. The van der Waals surface area contributed by atoms with E-state index in [1.165, 1.54) is 4.90 Å². The molecule has 1 aliphatic rings. The minimum atomic E-state index is -1.01. The molecule has 2 aromatic rings. The predicted molar refractivity (Wildman–Crippen MR) is 107 cm³/mol. The van der Waals surface area contributed by atoms with Crippen molar-refractivity contribution < 1.29 is 19.5 Å². The predicted octanol–water partition coefficient (Wildman–Crippen LogP) is 3.01. The van der Waals surface area contributed by atoms with E-state index in [-0.39, 0.29) is 30.3 Å². The molecule has 2 aromatic carbocycles. The molecule has 0 bridgehead atoms. The highest BCUT2D eigenvalue weighted by Crippen LogP contribution is 2.25. The molecule has 3 rings (SSSR count). The third kappa shape index (κ3) is 4.16. The summed E-state index contributed by atoms with van der Waals surface area (Å²) in [5.41, 5.74) is 0.678. The van der Waals surface area contributed by atoms with Gasteiger partial charge in [-0.25, -0.2) is 0 Å². The lowest BCUT2D eigenvalue weighted by Crippen LogP contribution is -2.48. The minimum absolute atomic E-state index is 0.0195.